The number of rotatable bonds is 4. The van der Waals surface area contributed by atoms with Crippen LogP contribution >= 0.6 is 11.6 Å². The molecule has 1 heterocycles. The highest BCUT2D eigenvalue weighted by Crippen LogP contribution is 1.92. The maximum absolute atomic E-state index is 10.9. The molecule has 0 aliphatic heterocycles. The molecule has 0 bridgehead atoms. The highest BCUT2D eigenvalue weighted by Gasteiger charge is 2.08. The summed E-state index contributed by atoms with van der Waals surface area (Å²) in [5.41, 5.74) is 0. The first-order valence-electron chi connectivity index (χ1n) is 3.41. The smallest absolute Gasteiger partial charge is 0.226 e. The molecule has 13 heavy (non-hydrogen) atoms. The van der Waals surface area contributed by atoms with E-state index in [0.717, 1.165) is 0 Å². The average molecular weight is 225 g/mol. The molecule has 0 aromatic carbocycles. The van der Waals surface area contributed by atoms with Crippen LogP contribution in [0.25, 0.3) is 0 Å². The van der Waals surface area contributed by atoms with Gasteiger partial charge in [0.05, 0.1) is 6.54 Å². The van der Waals surface area contributed by atoms with Crippen LogP contribution < -0.4 is 4.72 Å². The Morgan fingerprint density at radius 1 is 1.69 bits per heavy atom. The van der Waals surface area contributed by atoms with Crippen molar-refractivity contribution in [1.82, 2.24) is 19.5 Å². The monoisotopic (exact) mass is 224 g/mol. The Labute approximate surface area is 81.0 Å². The molecular formula is C5H9ClN4O2S. The third kappa shape index (κ3) is 3.29. The summed E-state index contributed by atoms with van der Waals surface area (Å²) in [6, 6.07) is 0. The lowest BCUT2D eigenvalue weighted by Crippen LogP contribution is -2.24. The fraction of sp³-hybridized carbons (Fsp3) is 0.600. The van der Waals surface area contributed by atoms with Gasteiger partial charge in [0.15, 0.2) is 5.82 Å². The maximum atomic E-state index is 10.9. The van der Waals surface area contributed by atoms with E-state index < -0.39 is 15.2 Å². The molecule has 6 nitrogen and oxygen atoms in total. The standard InChI is InChI=1S/C5H9ClN4O2S/c1-10-4-7-5(9-10)2-8-13(11,12)3-6/h4,8H,2-3H2,1H3. The summed E-state index contributed by atoms with van der Waals surface area (Å²) in [5.74, 6) is 0.413. The van der Waals surface area contributed by atoms with Gasteiger partial charge >= 0.3 is 0 Å². The Kier molecular flexibility index (Phi) is 3.23. The van der Waals surface area contributed by atoms with Gasteiger partial charge in [-0.25, -0.2) is 18.1 Å². The van der Waals surface area contributed by atoms with Crippen LogP contribution in [0.1, 0.15) is 5.82 Å². The zero-order valence-electron chi connectivity index (χ0n) is 6.94. The second-order valence-corrected chi connectivity index (χ2v) is 4.77. The molecule has 1 aromatic heterocycles. The fourth-order valence-corrected chi connectivity index (χ4v) is 1.34. The van der Waals surface area contributed by atoms with Crippen LogP contribution in [0.3, 0.4) is 0 Å². The molecule has 1 aromatic rings. The molecule has 0 aliphatic rings. The van der Waals surface area contributed by atoms with Gasteiger partial charge in [-0.1, -0.05) is 0 Å². The number of hydrogen-bond acceptors (Lipinski definition) is 4. The van der Waals surface area contributed by atoms with Crippen LogP contribution in [0.4, 0.5) is 0 Å². The second kappa shape index (κ2) is 4.03. The van der Waals surface area contributed by atoms with Gasteiger partial charge in [0.2, 0.25) is 10.0 Å². The molecule has 0 unspecified atom stereocenters. The molecule has 0 atom stereocenters. The van der Waals surface area contributed by atoms with Gasteiger partial charge in [0.25, 0.3) is 0 Å². The lowest BCUT2D eigenvalue weighted by molar-refractivity contribution is 0.583. The minimum Gasteiger partial charge on any atom is -0.256 e. The number of halogens is 1. The first-order chi connectivity index (χ1) is 6.03. The molecule has 0 spiro atoms. The van der Waals surface area contributed by atoms with Crippen LogP contribution in [0.5, 0.6) is 0 Å². The summed E-state index contributed by atoms with van der Waals surface area (Å²) < 4.78 is 25.5. The van der Waals surface area contributed by atoms with Crippen molar-refractivity contribution in [3.63, 3.8) is 0 Å². The minimum atomic E-state index is -3.38. The van der Waals surface area contributed by atoms with Crippen molar-refractivity contribution in [2.24, 2.45) is 7.05 Å². The number of nitrogens with zero attached hydrogens (tertiary/aromatic N) is 3. The SMILES string of the molecule is Cn1cnc(CNS(=O)(=O)CCl)n1. The van der Waals surface area contributed by atoms with E-state index in [1.165, 1.54) is 11.0 Å². The van der Waals surface area contributed by atoms with Crippen LogP contribution in [-0.2, 0) is 23.6 Å². The summed E-state index contributed by atoms with van der Waals surface area (Å²) in [4.78, 5) is 3.83. The summed E-state index contributed by atoms with van der Waals surface area (Å²) in [5, 5.41) is 3.43. The largest absolute Gasteiger partial charge is 0.256 e. The summed E-state index contributed by atoms with van der Waals surface area (Å²) in [7, 11) is -1.68. The molecule has 0 saturated carbocycles. The van der Waals surface area contributed by atoms with E-state index in [1.807, 2.05) is 0 Å². The van der Waals surface area contributed by atoms with E-state index >= 15 is 0 Å². The highest BCUT2D eigenvalue weighted by atomic mass is 35.5. The van der Waals surface area contributed by atoms with Gasteiger partial charge in [-0.3, -0.25) is 4.68 Å². The van der Waals surface area contributed by atoms with E-state index in [9.17, 15) is 8.42 Å². The zero-order valence-corrected chi connectivity index (χ0v) is 8.51. The van der Waals surface area contributed by atoms with E-state index in [-0.39, 0.29) is 6.54 Å². The molecule has 0 saturated heterocycles. The van der Waals surface area contributed by atoms with Crippen LogP contribution in [0.2, 0.25) is 0 Å². The summed E-state index contributed by atoms with van der Waals surface area (Å²) in [6.45, 7) is 0.0654. The Morgan fingerprint density at radius 2 is 2.38 bits per heavy atom. The molecule has 0 amide bonds. The number of hydrogen-bond donors (Lipinski definition) is 1. The summed E-state index contributed by atoms with van der Waals surface area (Å²) in [6.07, 6.45) is 1.49. The van der Waals surface area contributed by atoms with Crippen molar-refractivity contribution < 1.29 is 8.42 Å². The van der Waals surface area contributed by atoms with Crippen molar-refractivity contribution in [2.75, 3.05) is 5.21 Å². The predicted octanol–water partition coefficient (Wildman–Crippen LogP) is -0.569. The first-order valence-corrected chi connectivity index (χ1v) is 5.60. The van der Waals surface area contributed by atoms with Crippen molar-refractivity contribution in [2.45, 2.75) is 6.54 Å². The third-order valence-corrected chi connectivity index (χ3v) is 2.97. The first kappa shape index (κ1) is 10.4. The molecule has 0 radical (unpaired) electrons. The lowest BCUT2D eigenvalue weighted by Gasteiger charge is -1.98. The van der Waals surface area contributed by atoms with Crippen LogP contribution in [-0.4, -0.2) is 28.4 Å². The van der Waals surface area contributed by atoms with Gasteiger partial charge in [0, 0.05) is 7.05 Å². The molecule has 0 aliphatic carbocycles. The molecule has 1 N–H and O–H groups in total. The Balaban J connectivity index is 2.53. The second-order valence-electron chi connectivity index (χ2n) is 2.38. The average Bonchev–Trinajstić information content (AvgIpc) is 2.48. The maximum Gasteiger partial charge on any atom is 0.226 e. The number of sulfonamides is 1. The van der Waals surface area contributed by atoms with Crippen LogP contribution in [0, 0.1) is 0 Å². The van der Waals surface area contributed by atoms with Gasteiger partial charge in [-0.2, -0.15) is 5.10 Å². The molecular weight excluding hydrogens is 216 g/mol. The van der Waals surface area contributed by atoms with Crippen molar-refractivity contribution in [3.05, 3.63) is 12.2 Å². The normalized spacial score (nSPS) is 11.8. The highest BCUT2D eigenvalue weighted by molar-refractivity contribution is 7.90. The van der Waals surface area contributed by atoms with Crippen molar-refractivity contribution in [3.8, 4) is 0 Å². The van der Waals surface area contributed by atoms with E-state index in [2.05, 4.69) is 14.8 Å². The molecule has 0 fully saturated rings. The Bertz CT molecular complexity index is 374. The lowest BCUT2D eigenvalue weighted by atomic mass is 10.6. The topological polar surface area (TPSA) is 76.9 Å². The van der Waals surface area contributed by atoms with E-state index in [4.69, 9.17) is 11.6 Å². The fourth-order valence-electron chi connectivity index (χ4n) is 0.678. The molecule has 1 rings (SSSR count). The van der Waals surface area contributed by atoms with E-state index in [1.54, 1.807) is 7.05 Å². The third-order valence-electron chi connectivity index (χ3n) is 1.24. The van der Waals surface area contributed by atoms with Gasteiger partial charge < -0.3 is 0 Å². The molecule has 8 heteroatoms. The van der Waals surface area contributed by atoms with Gasteiger partial charge in [0.1, 0.15) is 11.5 Å². The number of nitrogens with one attached hydrogen (secondary N) is 1. The Morgan fingerprint density at radius 3 is 2.85 bits per heavy atom. The number of alkyl halides is 1. The quantitative estimate of drug-likeness (QED) is 0.695. The Hall–Kier alpha value is -0.660. The van der Waals surface area contributed by atoms with Gasteiger partial charge in [-0.05, 0) is 0 Å². The molecule has 74 valence electrons. The van der Waals surface area contributed by atoms with Crippen molar-refractivity contribution >= 4 is 21.6 Å². The zero-order chi connectivity index (χ0) is 9.90. The minimum absolute atomic E-state index is 0.0654. The van der Waals surface area contributed by atoms with E-state index in [0.29, 0.717) is 5.82 Å². The number of aryl methyl sites for hydroxylation is 1. The number of aromatic nitrogens is 3. The van der Waals surface area contributed by atoms with Gasteiger partial charge in [-0.15, -0.1) is 11.6 Å². The predicted molar refractivity (Wildman–Crippen MR) is 47.5 cm³/mol. The van der Waals surface area contributed by atoms with Crippen molar-refractivity contribution in [1.29, 1.82) is 0 Å². The van der Waals surface area contributed by atoms with Crippen LogP contribution in [0.15, 0.2) is 6.33 Å². The summed E-state index contributed by atoms with van der Waals surface area (Å²) >= 11 is 5.17.